The molecule has 0 atom stereocenters. The summed E-state index contributed by atoms with van der Waals surface area (Å²) in [6.07, 6.45) is 0.0848. The fourth-order valence-electron chi connectivity index (χ4n) is 2.95. The van der Waals surface area contributed by atoms with E-state index in [9.17, 15) is 0 Å². The van der Waals surface area contributed by atoms with E-state index in [1.165, 1.54) is 16.7 Å². The van der Waals surface area contributed by atoms with E-state index in [4.69, 9.17) is 0 Å². The van der Waals surface area contributed by atoms with Gasteiger partial charge in [-0.2, -0.15) is 0 Å². The summed E-state index contributed by atoms with van der Waals surface area (Å²) in [7, 11) is 0. The van der Waals surface area contributed by atoms with Crippen LogP contribution in [0.3, 0.4) is 0 Å². The molecular formula is C21H18N2. The lowest BCUT2D eigenvalue weighted by atomic mass is 10.1. The Balaban J connectivity index is 1.76. The molecule has 0 bridgehead atoms. The van der Waals surface area contributed by atoms with Gasteiger partial charge in [0.15, 0.2) is 0 Å². The van der Waals surface area contributed by atoms with E-state index in [0.29, 0.717) is 0 Å². The van der Waals surface area contributed by atoms with Gasteiger partial charge < -0.3 is 10.6 Å². The minimum absolute atomic E-state index is 0.0848. The molecular weight excluding hydrogens is 280 g/mol. The van der Waals surface area contributed by atoms with Crippen molar-refractivity contribution in [3.63, 3.8) is 0 Å². The standard InChI is InChI=1S/C21H18N2/c1-4-10-16(11-5-1)19-20(17-12-6-2-7-13-17)23-21(22-19)18-14-8-3-9-15-18/h1-15,21-23H. The Labute approximate surface area is 136 Å². The highest BCUT2D eigenvalue weighted by atomic mass is 15.2. The molecule has 0 unspecified atom stereocenters. The highest BCUT2D eigenvalue weighted by molar-refractivity contribution is 5.91. The lowest BCUT2D eigenvalue weighted by Crippen LogP contribution is -2.23. The largest absolute Gasteiger partial charge is 0.359 e. The average molecular weight is 298 g/mol. The first-order valence-electron chi connectivity index (χ1n) is 7.85. The summed E-state index contributed by atoms with van der Waals surface area (Å²) in [6, 6.07) is 31.4. The minimum Gasteiger partial charge on any atom is -0.359 e. The molecule has 2 nitrogen and oxygen atoms in total. The SMILES string of the molecule is c1ccc(C2=C(c3ccccc3)NC(c3ccccc3)N2)cc1. The number of rotatable bonds is 3. The lowest BCUT2D eigenvalue weighted by Gasteiger charge is -2.14. The Morgan fingerprint density at radius 3 is 1.30 bits per heavy atom. The van der Waals surface area contributed by atoms with Gasteiger partial charge in [-0.25, -0.2) is 0 Å². The molecule has 0 radical (unpaired) electrons. The van der Waals surface area contributed by atoms with Crippen molar-refractivity contribution < 1.29 is 0 Å². The predicted molar refractivity (Wildman–Crippen MR) is 95.2 cm³/mol. The summed E-state index contributed by atoms with van der Waals surface area (Å²) in [4.78, 5) is 0. The van der Waals surface area contributed by atoms with Crippen molar-refractivity contribution in [2.24, 2.45) is 0 Å². The van der Waals surface area contributed by atoms with Crippen LogP contribution in [-0.4, -0.2) is 0 Å². The Bertz CT molecular complexity index is 757. The highest BCUT2D eigenvalue weighted by Gasteiger charge is 2.25. The van der Waals surface area contributed by atoms with Crippen LogP contribution in [0.1, 0.15) is 22.9 Å². The van der Waals surface area contributed by atoms with Crippen molar-refractivity contribution in [3.05, 3.63) is 108 Å². The van der Waals surface area contributed by atoms with Gasteiger partial charge in [0.05, 0.1) is 11.4 Å². The zero-order valence-corrected chi connectivity index (χ0v) is 12.7. The Morgan fingerprint density at radius 2 is 0.870 bits per heavy atom. The molecule has 4 rings (SSSR count). The first-order valence-corrected chi connectivity index (χ1v) is 7.85. The third-order valence-electron chi connectivity index (χ3n) is 4.09. The van der Waals surface area contributed by atoms with Crippen LogP contribution in [0, 0.1) is 0 Å². The Hall–Kier alpha value is -3.00. The van der Waals surface area contributed by atoms with E-state index >= 15 is 0 Å². The fraction of sp³-hybridized carbons (Fsp3) is 0.0476. The smallest absolute Gasteiger partial charge is 0.123 e. The van der Waals surface area contributed by atoms with Crippen molar-refractivity contribution in [3.8, 4) is 0 Å². The average Bonchev–Trinajstić information content (AvgIpc) is 3.09. The molecule has 0 fully saturated rings. The number of hydrogen-bond donors (Lipinski definition) is 2. The molecule has 0 aliphatic carbocycles. The summed E-state index contributed by atoms with van der Waals surface area (Å²) in [5, 5.41) is 7.28. The molecule has 0 spiro atoms. The first-order chi connectivity index (χ1) is 11.4. The van der Waals surface area contributed by atoms with Crippen LogP contribution in [-0.2, 0) is 0 Å². The van der Waals surface area contributed by atoms with Gasteiger partial charge in [-0.15, -0.1) is 0 Å². The summed E-state index contributed by atoms with van der Waals surface area (Å²) in [6.45, 7) is 0. The molecule has 1 aliphatic rings. The van der Waals surface area contributed by atoms with Crippen molar-refractivity contribution in [2.45, 2.75) is 6.17 Å². The van der Waals surface area contributed by atoms with Gasteiger partial charge in [-0.1, -0.05) is 91.0 Å². The molecule has 112 valence electrons. The molecule has 0 saturated carbocycles. The minimum atomic E-state index is 0.0848. The maximum absolute atomic E-state index is 3.64. The first kappa shape index (κ1) is 13.6. The van der Waals surface area contributed by atoms with Crippen molar-refractivity contribution in [1.29, 1.82) is 0 Å². The normalized spacial score (nSPS) is 14.4. The third kappa shape index (κ3) is 2.71. The van der Waals surface area contributed by atoms with Gasteiger partial charge >= 0.3 is 0 Å². The zero-order valence-electron chi connectivity index (χ0n) is 12.7. The highest BCUT2D eigenvalue weighted by Crippen LogP contribution is 2.31. The molecule has 3 aromatic carbocycles. The molecule has 1 aliphatic heterocycles. The van der Waals surface area contributed by atoms with Gasteiger partial charge in [-0.05, 0) is 16.7 Å². The monoisotopic (exact) mass is 298 g/mol. The maximum Gasteiger partial charge on any atom is 0.123 e. The number of nitrogens with one attached hydrogen (secondary N) is 2. The van der Waals surface area contributed by atoms with Crippen LogP contribution in [0.5, 0.6) is 0 Å². The molecule has 0 saturated heterocycles. The van der Waals surface area contributed by atoms with Crippen LogP contribution in [0.15, 0.2) is 91.0 Å². The van der Waals surface area contributed by atoms with Crippen LogP contribution in [0.2, 0.25) is 0 Å². The third-order valence-corrected chi connectivity index (χ3v) is 4.09. The summed E-state index contributed by atoms with van der Waals surface area (Å²) >= 11 is 0. The van der Waals surface area contributed by atoms with E-state index in [2.05, 4.69) is 83.4 Å². The zero-order chi connectivity index (χ0) is 15.5. The van der Waals surface area contributed by atoms with Gasteiger partial charge in [0.2, 0.25) is 0 Å². The second-order valence-electron chi connectivity index (χ2n) is 5.61. The Morgan fingerprint density at radius 1 is 0.478 bits per heavy atom. The molecule has 3 aromatic rings. The van der Waals surface area contributed by atoms with Gasteiger partial charge in [-0.3, -0.25) is 0 Å². The van der Waals surface area contributed by atoms with Gasteiger partial charge in [0, 0.05) is 0 Å². The van der Waals surface area contributed by atoms with Crippen LogP contribution in [0.25, 0.3) is 11.4 Å². The molecule has 0 amide bonds. The van der Waals surface area contributed by atoms with Gasteiger partial charge in [0.1, 0.15) is 6.17 Å². The Kier molecular flexibility index (Phi) is 3.57. The van der Waals surface area contributed by atoms with Crippen LogP contribution < -0.4 is 10.6 Å². The second kappa shape index (κ2) is 6.01. The quantitative estimate of drug-likeness (QED) is 0.748. The molecule has 1 heterocycles. The topological polar surface area (TPSA) is 24.1 Å². The van der Waals surface area contributed by atoms with Crippen LogP contribution >= 0.6 is 0 Å². The van der Waals surface area contributed by atoms with Gasteiger partial charge in [0.25, 0.3) is 0 Å². The van der Waals surface area contributed by atoms with E-state index in [-0.39, 0.29) is 6.17 Å². The number of hydrogen-bond acceptors (Lipinski definition) is 2. The summed E-state index contributed by atoms with van der Waals surface area (Å²) < 4.78 is 0. The van der Waals surface area contributed by atoms with E-state index < -0.39 is 0 Å². The summed E-state index contributed by atoms with van der Waals surface area (Å²) in [5.74, 6) is 0. The van der Waals surface area contributed by atoms with Crippen molar-refractivity contribution in [2.75, 3.05) is 0 Å². The van der Waals surface area contributed by atoms with Crippen LogP contribution in [0.4, 0.5) is 0 Å². The maximum atomic E-state index is 3.64. The van der Waals surface area contributed by atoms with E-state index in [0.717, 1.165) is 11.4 Å². The molecule has 23 heavy (non-hydrogen) atoms. The number of benzene rings is 3. The lowest BCUT2D eigenvalue weighted by molar-refractivity contribution is 0.620. The van der Waals surface area contributed by atoms with E-state index in [1.54, 1.807) is 0 Å². The van der Waals surface area contributed by atoms with Crippen molar-refractivity contribution in [1.82, 2.24) is 10.6 Å². The van der Waals surface area contributed by atoms with Crippen molar-refractivity contribution >= 4 is 11.4 Å². The van der Waals surface area contributed by atoms with E-state index in [1.807, 2.05) is 18.2 Å². The summed E-state index contributed by atoms with van der Waals surface area (Å²) in [5.41, 5.74) is 5.90. The second-order valence-corrected chi connectivity index (χ2v) is 5.61. The molecule has 2 N–H and O–H groups in total. The molecule has 0 aromatic heterocycles. The molecule has 2 heteroatoms. The predicted octanol–water partition coefficient (Wildman–Crippen LogP) is 4.40. The fourth-order valence-corrected chi connectivity index (χ4v) is 2.95.